The molecule has 0 radical (unpaired) electrons. The summed E-state index contributed by atoms with van der Waals surface area (Å²) in [6.07, 6.45) is 0.688. The van der Waals surface area contributed by atoms with Crippen molar-refractivity contribution in [2.75, 3.05) is 13.1 Å². The number of urea groups is 1. The highest BCUT2D eigenvalue weighted by atomic mass is 16.4. The monoisotopic (exact) mass is 362 g/mol. The second kappa shape index (κ2) is 7.17. The van der Waals surface area contributed by atoms with Gasteiger partial charge in [0.2, 0.25) is 0 Å². The summed E-state index contributed by atoms with van der Waals surface area (Å²) in [5, 5.41) is 19.4. The van der Waals surface area contributed by atoms with Crippen LogP contribution in [0, 0.1) is 10.8 Å². The average molecular weight is 362 g/mol. The van der Waals surface area contributed by atoms with Gasteiger partial charge in [-0.05, 0) is 34.9 Å². The summed E-state index contributed by atoms with van der Waals surface area (Å²) in [5.74, 6) is -0.812. The number of aromatic hydroxyl groups is 1. The van der Waals surface area contributed by atoms with Gasteiger partial charge in [-0.25, -0.2) is 9.59 Å². The van der Waals surface area contributed by atoms with Gasteiger partial charge in [-0.3, -0.25) is 0 Å². The Morgan fingerprint density at radius 2 is 1.85 bits per heavy atom. The van der Waals surface area contributed by atoms with Crippen molar-refractivity contribution in [3.63, 3.8) is 0 Å². The smallest absolute Gasteiger partial charge is 0.327 e. The van der Waals surface area contributed by atoms with Gasteiger partial charge in [0.05, 0.1) is 0 Å². The molecule has 1 aliphatic rings. The van der Waals surface area contributed by atoms with Crippen LogP contribution in [0.1, 0.15) is 46.6 Å². The third-order valence-electron chi connectivity index (χ3n) is 4.68. The van der Waals surface area contributed by atoms with Crippen molar-refractivity contribution < 1.29 is 19.8 Å². The summed E-state index contributed by atoms with van der Waals surface area (Å²) in [4.78, 5) is 28.0. The van der Waals surface area contributed by atoms with Crippen LogP contribution in [0.15, 0.2) is 24.3 Å². The molecule has 26 heavy (non-hydrogen) atoms. The van der Waals surface area contributed by atoms with Crippen LogP contribution < -0.4 is 0 Å². The molecule has 1 aromatic rings. The van der Waals surface area contributed by atoms with Gasteiger partial charge in [0.1, 0.15) is 11.8 Å². The van der Waals surface area contributed by atoms with E-state index in [1.165, 1.54) is 4.90 Å². The summed E-state index contributed by atoms with van der Waals surface area (Å²) in [5.41, 5.74) is 0.225. The van der Waals surface area contributed by atoms with Gasteiger partial charge in [0, 0.05) is 19.6 Å². The van der Waals surface area contributed by atoms with Crippen LogP contribution in [0.25, 0.3) is 0 Å². The lowest BCUT2D eigenvalue weighted by molar-refractivity contribution is -0.147. The zero-order chi connectivity index (χ0) is 19.7. The third kappa shape index (κ3) is 4.68. The lowest BCUT2D eigenvalue weighted by Gasteiger charge is -2.40. The normalized spacial score (nSPS) is 16.9. The van der Waals surface area contributed by atoms with E-state index in [1.54, 1.807) is 23.1 Å². The molecule has 1 atom stereocenters. The van der Waals surface area contributed by atoms with Gasteiger partial charge in [-0.2, -0.15) is 0 Å². The van der Waals surface area contributed by atoms with Crippen molar-refractivity contribution >= 4 is 12.0 Å². The van der Waals surface area contributed by atoms with Crippen molar-refractivity contribution in [3.8, 4) is 5.75 Å². The predicted octanol–water partition coefficient (Wildman–Crippen LogP) is 3.55. The minimum Gasteiger partial charge on any atom is -0.508 e. The fraction of sp³-hybridized carbons (Fsp3) is 0.600. The molecule has 0 saturated carbocycles. The van der Waals surface area contributed by atoms with E-state index in [0.29, 0.717) is 26.1 Å². The van der Waals surface area contributed by atoms with E-state index >= 15 is 0 Å². The first-order chi connectivity index (χ1) is 11.9. The van der Waals surface area contributed by atoms with E-state index in [-0.39, 0.29) is 17.2 Å². The first-order valence-corrected chi connectivity index (χ1v) is 8.97. The third-order valence-corrected chi connectivity index (χ3v) is 4.68. The molecule has 2 amide bonds. The molecule has 0 bridgehead atoms. The van der Waals surface area contributed by atoms with E-state index in [9.17, 15) is 19.8 Å². The van der Waals surface area contributed by atoms with Gasteiger partial charge < -0.3 is 20.0 Å². The minimum atomic E-state index is -0.966. The summed E-state index contributed by atoms with van der Waals surface area (Å²) in [6.45, 7) is 11.3. The highest BCUT2D eigenvalue weighted by Gasteiger charge is 2.46. The Balaban J connectivity index is 2.18. The molecule has 2 rings (SSSR count). The number of amides is 2. The number of rotatable bonds is 6. The predicted molar refractivity (Wildman–Crippen MR) is 99.9 cm³/mol. The molecule has 6 nitrogen and oxygen atoms in total. The number of benzene rings is 1. The van der Waals surface area contributed by atoms with Crippen LogP contribution in [-0.2, 0) is 11.3 Å². The van der Waals surface area contributed by atoms with E-state index < -0.39 is 17.4 Å². The second-order valence-corrected chi connectivity index (χ2v) is 9.03. The van der Waals surface area contributed by atoms with Crippen molar-refractivity contribution in [2.45, 2.75) is 53.6 Å². The van der Waals surface area contributed by atoms with Crippen molar-refractivity contribution in [1.82, 2.24) is 9.80 Å². The number of carboxylic acid groups (broad SMARTS) is 1. The van der Waals surface area contributed by atoms with Crippen LogP contribution in [0.5, 0.6) is 5.75 Å². The molecule has 1 aromatic carbocycles. The second-order valence-electron chi connectivity index (χ2n) is 9.03. The molecule has 144 valence electrons. The Labute approximate surface area is 155 Å². The van der Waals surface area contributed by atoms with Crippen LogP contribution in [0.4, 0.5) is 4.79 Å². The lowest BCUT2D eigenvalue weighted by atomic mass is 9.71. The standard InChI is InChI=1S/C20H30N2O4/c1-19(2,3)13-20(4,5)16(17(24)25)22-10-9-21(18(22)26)12-14-7-6-8-15(23)11-14/h6-8,11,16,23H,9-10,12-13H2,1-5H3,(H,24,25)/t16-/m1/s1. The van der Waals surface area contributed by atoms with E-state index in [1.807, 2.05) is 19.9 Å². The highest BCUT2D eigenvalue weighted by Crippen LogP contribution is 2.39. The van der Waals surface area contributed by atoms with Crippen molar-refractivity contribution in [2.24, 2.45) is 10.8 Å². The fourth-order valence-electron chi connectivity index (χ4n) is 4.22. The first kappa shape index (κ1) is 20.1. The van der Waals surface area contributed by atoms with Crippen molar-refractivity contribution in [1.29, 1.82) is 0 Å². The van der Waals surface area contributed by atoms with Crippen LogP contribution in [0.3, 0.4) is 0 Å². The van der Waals surface area contributed by atoms with Crippen LogP contribution in [-0.4, -0.2) is 51.1 Å². The number of hydrogen-bond acceptors (Lipinski definition) is 3. The van der Waals surface area contributed by atoms with Gasteiger partial charge in [0.15, 0.2) is 0 Å². The molecular weight excluding hydrogens is 332 g/mol. The zero-order valence-electron chi connectivity index (χ0n) is 16.3. The topological polar surface area (TPSA) is 81.1 Å². The number of phenols is 1. The molecule has 6 heteroatoms. The summed E-state index contributed by atoms with van der Waals surface area (Å²) in [7, 11) is 0. The molecular formula is C20H30N2O4. The highest BCUT2D eigenvalue weighted by molar-refractivity contribution is 5.84. The SMILES string of the molecule is CC(C)(C)CC(C)(C)[C@@H](C(=O)O)N1CCN(Cc2cccc(O)c2)C1=O. The van der Waals surface area contributed by atoms with Crippen molar-refractivity contribution in [3.05, 3.63) is 29.8 Å². The molecule has 0 aliphatic carbocycles. The maximum Gasteiger partial charge on any atom is 0.327 e. The maximum absolute atomic E-state index is 12.9. The van der Waals surface area contributed by atoms with E-state index in [2.05, 4.69) is 20.8 Å². The Hall–Kier alpha value is -2.24. The zero-order valence-corrected chi connectivity index (χ0v) is 16.3. The first-order valence-electron chi connectivity index (χ1n) is 8.97. The quantitative estimate of drug-likeness (QED) is 0.811. The van der Waals surface area contributed by atoms with E-state index in [0.717, 1.165) is 5.56 Å². The molecule has 2 N–H and O–H groups in total. The number of aliphatic carboxylic acids is 1. The Kier molecular flexibility index (Phi) is 5.54. The fourth-order valence-corrected chi connectivity index (χ4v) is 4.22. The minimum absolute atomic E-state index is 0.0405. The molecule has 0 unspecified atom stereocenters. The lowest BCUT2D eigenvalue weighted by Crippen LogP contribution is -2.52. The average Bonchev–Trinajstić information content (AvgIpc) is 2.77. The number of hydrogen-bond donors (Lipinski definition) is 2. The maximum atomic E-state index is 12.9. The van der Waals surface area contributed by atoms with Crippen LogP contribution in [0.2, 0.25) is 0 Å². The number of carboxylic acids is 1. The molecule has 1 saturated heterocycles. The summed E-state index contributed by atoms with van der Waals surface area (Å²) >= 11 is 0. The molecule has 1 heterocycles. The molecule has 1 fully saturated rings. The number of carbonyl (C=O) groups is 2. The Bertz CT molecular complexity index is 679. The molecule has 0 aromatic heterocycles. The molecule has 1 aliphatic heterocycles. The van der Waals surface area contributed by atoms with Gasteiger partial charge in [-0.15, -0.1) is 0 Å². The summed E-state index contributed by atoms with van der Waals surface area (Å²) < 4.78 is 0. The Morgan fingerprint density at radius 1 is 1.19 bits per heavy atom. The van der Waals surface area contributed by atoms with E-state index in [4.69, 9.17) is 0 Å². The van der Waals surface area contributed by atoms with Gasteiger partial charge in [0.25, 0.3) is 0 Å². The number of nitrogens with zero attached hydrogens (tertiary/aromatic N) is 2. The van der Waals surface area contributed by atoms with Gasteiger partial charge >= 0.3 is 12.0 Å². The largest absolute Gasteiger partial charge is 0.508 e. The number of phenolic OH excluding ortho intramolecular Hbond substituents is 1. The molecule has 0 spiro atoms. The number of carbonyl (C=O) groups excluding carboxylic acids is 1. The Morgan fingerprint density at radius 3 is 2.38 bits per heavy atom. The summed E-state index contributed by atoms with van der Waals surface area (Å²) in [6, 6.07) is 5.64. The van der Waals surface area contributed by atoms with Crippen LogP contribution >= 0.6 is 0 Å². The van der Waals surface area contributed by atoms with Gasteiger partial charge in [-0.1, -0.05) is 46.8 Å².